The number of carbonyl (C=O) groups excluding carboxylic acids is 1. The molecule has 3 aromatic rings. The van der Waals surface area contributed by atoms with Crippen LogP contribution in [0.4, 0.5) is 5.69 Å². The lowest BCUT2D eigenvalue weighted by Crippen LogP contribution is -2.11. The summed E-state index contributed by atoms with van der Waals surface area (Å²) in [6.07, 6.45) is 7.18. The standard InChI is InChI=1S/C16H14N4O3S/c1-24(22,23)15-7-3-2-6-14(15)20-11-13(10-18-20)19-16(21)12-5-4-8-17-9-12/h2-11H,1H3,(H,19,21). The second-order valence-electron chi connectivity index (χ2n) is 5.11. The molecule has 7 nitrogen and oxygen atoms in total. The summed E-state index contributed by atoms with van der Waals surface area (Å²) in [5.74, 6) is -0.320. The lowest BCUT2D eigenvalue weighted by atomic mass is 10.2. The lowest BCUT2D eigenvalue weighted by molar-refractivity contribution is 0.102. The number of nitrogens with one attached hydrogen (secondary N) is 1. The maximum absolute atomic E-state index is 12.1. The molecule has 0 unspecified atom stereocenters. The number of aromatic nitrogens is 3. The van der Waals surface area contributed by atoms with E-state index < -0.39 is 9.84 Å². The zero-order valence-electron chi connectivity index (χ0n) is 12.7. The molecular formula is C16H14N4O3S. The number of amides is 1. The van der Waals surface area contributed by atoms with Crippen molar-refractivity contribution in [2.45, 2.75) is 4.90 Å². The van der Waals surface area contributed by atoms with E-state index in [0.29, 0.717) is 16.9 Å². The van der Waals surface area contributed by atoms with E-state index in [1.54, 1.807) is 42.7 Å². The third-order valence-corrected chi connectivity index (χ3v) is 4.42. The van der Waals surface area contributed by atoms with Gasteiger partial charge in [-0.05, 0) is 24.3 Å². The zero-order chi connectivity index (χ0) is 17.2. The molecule has 1 N–H and O–H groups in total. The van der Waals surface area contributed by atoms with Crippen molar-refractivity contribution in [3.05, 3.63) is 66.7 Å². The highest BCUT2D eigenvalue weighted by Gasteiger charge is 2.15. The van der Waals surface area contributed by atoms with Crippen LogP contribution in [0.5, 0.6) is 0 Å². The molecular weight excluding hydrogens is 328 g/mol. The van der Waals surface area contributed by atoms with Crippen molar-refractivity contribution in [3.8, 4) is 5.69 Å². The van der Waals surface area contributed by atoms with Crippen molar-refractivity contribution in [3.63, 3.8) is 0 Å². The summed E-state index contributed by atoms with van der Waals surface area (Å²) in [5, 5.41) is 6.82. The Balaban J connectivity index is 1.89. The third-order valence-electron chi connectivity index (χ3n) is 3.28. The van der Waals surface area contributed by atoms with Crippen molar-refractivity contribution >= 4 is 21.4 Å². The summed E-state index contributed by atoms with van der Waals surface area (Å²) in [5.41, 5.74) is 1.29. The van der Waals surface area contributed by atoms with Crippen LogP contribution in [0.3, 0.4) is 0 Å². The number of rotatable bonds is 4. The normalized spacial score (nSPS) is 11.2. The van der Waals surface area contributed by atoms with Gasteiger partial charge < -0.3 is 5.32 Å². The first-order chi connectivity index (χ1) is 11.4. The molecule has 0 radical (unpaired) electrons. The van der Waals surface area contributed by atoms with Gasteiger partial charge in [-0.1, -0.05) is 12.1 Å². The first-order valence-electron chi connectivity index (χ1n) is 7.00. The molecule has 1 amide bonds. The van der Waals surface area contributed by atoms with Crippen molar-refractivity contribution in [1.82, 2.24) is 14.8 Å². The molecule has 2 heterocycles. The SMILES string of the molecule is CS(=O)(=O)c1ccccc1-n1cc(NC(=O)c2cccnc2)cn1. The first kappa shape index (κ1) is 15.9. The van der Waals surface area contributed by atoms with Crippen LogP contribution in [-0.4, -0.2) is 35.3 Å². The highest BCUT2D eigenvalue weighted by atomic mass is 32.2. The van der Waals surface area contributed by atoms with Gasteiger partial charge in [-0.25, -0.2) is 13.1 Å². The molecule has 0 bridgehead atoms. The number of sulfone groups is 1. The van der Waals surface area contributed by atoms with Crippen LogP contribution in [0.1, 0.15) is 10.4 Å². The fraction of sp³-hybridized carbons (Fsp3) is 0.0625. The van der Waals surface area contributed by atoms with Gasteiger partial charge in [0, 0.05) is 18.6 Å². The molecule has 0 atom stereocenters. The highest BCUT2D eigenvalue weighted by Crippen LogP contribution is 2.20. The van der Waals surface area contributed by atoms with E-state index >= 15 is 0 Å². The summed E-state index contributed by atoms with van der Waals surface area (Å²) in [6, 6.07) is 9.84. The molecule has 2 aromatic heterocycles. The van der Waals surface area contributed by atoms with E-state index in [4.69, 9.17) is 0 Å². The largest absolute Gasteiger partial charge is 0.319 e. The average Bonchev–Trinajstić information content (AvgIpc) is 3.03. The van der Waals surface area contributed by atoms with E-state index in [2.05, 4.69) is 15.4 Å². The number of para-hydroxylation sites is 1. The van der Waals surface area contributed by atoms with E-state index in [1.807, 2.05) is 0 Å². The molecule has 1 aromatic carbocycles. The van der Waals surface area contributed by atoms with Crippen LogP contribution in [0.15, 0.2) is 66.1 Å². The summed E-state index contributed by atoms with van der Waals surface area (Å²) in [6.45, 7) is 0. The molecule has 0 saturated carbocycles. The monoisotopic (exact) mass is 342 g/mol. The summed E-state index contributed by atoms with van der Waals surface area (Å²) >= 11 is 0. The van der Waals surface area contributed by atoms with Gasteiger partial charge in [-0.3, -0.25) is 9.78 Å². The fourth-order valence-electron chi connectivity index (χ4n) is 2.18. The Hall–Kier alpha value is -3.00. The Bertz CT molecular complexity index is 981. The second-order valence-corrected chi connectivity index (χ2v) is 7.09. The maximum atomic E-state index is 12.1. The Morgan fingerprint density at radius 3 is 2.62 bits per heavy atom. The van der Waals surface area contributed by atoms with Gasteiger partial charge in [0.25, 0.3) is 5.91 Å². The Morgan fingerprint density at radius 2 is 1.92 bits per heavy atom. The smallest absolute Gasteiger partial charge is 0.257 e. The molecule has 0 saturated heterocycles. The minimum absolute atomic E-state index is 0.165. The molecule has 0 aliphatic heterocycles. The van der Waals surface area contributed by atoms with Crippen LogP contribution in [-0.2, 0) is 9.84 Å². The fourth-order valence-corrected chi connectivity index (χ4v) is 3.05. The van der Waals surface area contributed by atoms with Gasteiger partial charge in [0.2, 0.25) is 0 Å². The van der Waals surface area contributed by atoms with Crippen molar-refractivity contribution in [2.24, 2.45) is 0 Å². The first-order valence-corrected chi connectivity index (χ1v) is 8.90. The number of anilines is 1. The van der Waals surface area contributed by atoms with Gasteiger partial charge >= 0.3 is 0 Å². The number of hydrogen-bond acceptors (Lipinski definition) is 5. The van der Waals surface area contributed by atoms with Crippen LogP contribution < -0.4 is 5.32 Å². The molecule has 0 fully saturated rings. The minimum Gasteiger partial charge on any atom is -0.319 e. The van der Waals surface area contributed by atoms with Crippen LogP contribution in [0.2, 0.25) is 0 Å². The maximum Gasteiger partial charge on any atom is 0.257 e. The van der Waals surface area contributed by atoms with Crippen molar-refractivity contribution in [1.29, 1.82) is 0 Å². The average molecular weight is 342 g/mol. The predicted molar refractivity (Wildman–Crippen MR) is 88.9 cm³/mol. The number of nitrogens with zero attached hydrogens (tertiary/aromatic N) is 3. The zero-order valence-corrected chi connectivity index (χ0v) is 13.6. The molecule has 122 valence electrons. The molecule has 3 rings (SSSR count). The molecule has 0 spiro atoms. The van der Waals surface area contributed by atoms with Crippen LogP contribution >= 0.6 is 0 Å². The second kappa shape index (κ2) is 6.25. The van der Waals surface area contributed by atoms with E-state index in [1.165, 1.54) is 23.1 Å². The van der Waals surface area contributed by atoms with Crippen LogP contribution in [0, 0.1) is 0 Å². The minimum atomic E-state index is -3.39. The molecule has 24 heavy (non-hydrogen) atoms. The van der Waals surface area contributed by atoms with Gasteiger partial charge in [0.15, 0.2) is 9.84 Å². The third kappa shape index (κ3) is 3.33. The lowest BCUT2D eigenvalue weighted by Gasteiger charge is -2.07. The number of benzene rings is 1. The van der Waals surface area contributed by atoms with E-state index in [0.717, 1.165) is 6.26 Å². The number of carbonyl (C=O) groups is 1. The quantitative estimate of drug-likeness (QED) is 0.782. The van der Waals surface area contributed by atoms with Gasteiger partial charge in [0.1, 0.15) is 0 Å². The number of hydrogen-bond donors (Lipinski definition) is 1. The van der Waals surface area contributed by atoms with Gasteiger partial charge in [-0.15, -0.1) is 0 Å². The van der Waals surface area contributed by atoms with Gasteiger partial charge in [-0.2, -0.15) is 5.10 Å². The molecule has 0 aliphatic carbocycles. The van der Waals surface area contributed by atoms with Crippen molar-refractivity contribution in [2.75, 3.05) is 11.6 Å². The predicted octanol–water partition coefficient (Wildman–Crippen LogP) is 1.92. The topological polar surface area (TPSA) is 94.0 Å². The van der Waals surface area contributed by atoms with E-state index in [9.17, 15) is 13.2 Å². The Kier molecular flexibility index (Phi) is 4.13. The highest BCUT2D eigenvalue weighted by molar-refractivity contribution is 7.90. The van der Waals surface area contributed by atoms with Crippen molar-refractivity contribution < 1.29 is 13.2 Å². The summed E-state index contributed by atoms with van der Waals surface area (Å²) < 4.78 is 25.2. The Morgan fingerprint density at radius 1 is 1.12 bits per heavy atom. The Labute approximate surface area is 138 Å². The molecule has 0 aliphatic rings. The summed E-state index contributed by atoms with van der Waals surface area (Å²) in [7, 11) is -3.39. The van der Waals surface area contributed by atoms with Gasteiger partial charge in [0.05, 0.1) is 34.2 Å². The van der Waals surface area contributed by atoms with Crippen LogP contribution in [0.25, 0.3) is 5.69 Å². The number of pyridine rings is 1. The van der Waals surface area contributed by atoms with E-state index in [-0.39, 0.29) is 10.8 Å². The molecule has 8 heteroatoms. The summed E-state index contributed by atoms with van der Waals surface area (Å²) in [4.78, 5) is 16.2.